The zero-order chi connectivity index (χ0) is 18.4. The van der Waals surface area contributed by atoms with Crippen molar-refractivity contribution in [3.8, 4) is 11.5 Å². The Kier molecular flexibility index (Phi) is 5.73. The molecule has 2 aromatic carbocycles. The summed E-state index contributed by atoms with van der Waals surface area (Å²) in [5.74, 6) is 1.12. The van der Waals surface area contributed by atoms with Crippen LogP contribution in [-0.2, 0) is 4.79 Å². The van der Waals surface area contributed by atoms with Crippen molar-refractivity contribution in [1.29, 1.82) is 0 Å². The summed E-state index contributed by atoms with van der Waals surface area (Å²) < 4.78 is 10.9. The molecule has 3 rings (SSSR count). The van der Waals surface area contributed by atoms with Crippen LogP contribution in [0.4, 0.5) is 4.79 Å². The van der Waals surface area contributed by atoms with Crippen LogP contribution in [0.2, 0.25) is 0 Å². The minimum atomic E-state index is -0.390. The summed E-state index contributed by atoms with van der Waals surface area (Å²) in [6, 6.07) is 16.6. The quantitative estimate of drug-likeness (QED) is 0.847. The number of ether oxygens (including phenoxy) is 2. The van der Waals surface area contributed by atoms with Gasteiger partial charge in [-0.2, -0.15) is 0 Å². The van der Waals surface area contributed by atoms with Gasteiger partial charge < -0.3 is 19.3 Å². The molecule has 0 aromatic heterocycles. The second-order valence-electron chi connectivity index (χ2n) is 6.15. The van der Waals surface area contributed by atoms with E-state index in [9.17, 15) is 9.59 Å². The molecular weight excluding hydrogens is 332 g/mol. The third-order valence-electron chi connectivity index (χ3n) is 4.19. The summed E-state index contributed by atoms with van der Waals surface area (Å²) in [6.45, 7) is 3.81. The van der Waals surface area contributed by atoms with Gasteiger partial charge in [0.25, 0.3) is 5.91 Å². The number of piperazine rings is 1. The Bertz CT molecular complexity index is 755. The van der Waals surface area contributed by atoms with Crippen LogP contribution < -0.4 is 9.47 Å². The number of hydrogen-bond acceptors (Lipinski definition) is 4. The maximum Gasteiger partial charge on any atom is 0.415 e. The first-order valence-corrected chi connectivity index (χ1v) is 8.61. The molecule has 26 heavy (non-hydrogen) atoms. The lowest BCUT2D eigenvalue weighted by Crippen LogP contribution is -2.52. The molecule has 2 amide bonds. The van der Waals surface area contributed by atoms with Crippen molar-refractivity contribution in [2.24, 2.45) is 0 Å². The van der Waals surface area contributed by atoms with Gasteiger partial charge >= 0.3 is 6.09 Å². The number of benzene rings is 2. The second kappa shape index (κ2) is 8.38. The van der Waals surface area contributed by atoms with Crippen LogP contribution in [0.5, 0.6) is 11.5 Å². The van der Waals surface area contributed by atoms with E-state index in [1.54, 1.807) is 21.9 Å². The number of hydrogen-bond donors (Lipinski definition) is 0. The maximum absolute atomic E-state index is 12.3. The van der Waals surface area contributed by atoms with Crippen LogP contribution in [-0.4, -0.2) is 54.6 Å². The smallest absolute Gasteiger partial charge is 0.415 e. The number of carbonyl (C=O) groups excluding carboxylic acids is 2. The van der Waals surface area contributed by atoms with E-state index in [0.29, 0.717) is 37.7 Å². The van der Waals surface area contributed by atoms with Crippen LogP contribution >= 0.6 is 0 Å². The van der Waals surface area contributed by atoms with E-state index in [2.05, 4.69) is 0 Å². The van der Waals surface area contributed by atoms with Gasteiger partial charge in [0.15, 0.2) is 6.61 Å². The molecule has 0 bridgehead atoms. The zero-order valence-corrected chi connectivity index (χ0v) is 14.8. The molecule has 1 heterocycles. The molecule has 0 unspecified atom stereocenters. The fraction of sp³-hybridized carbons (Fsp3) is 0.300. The minimum absolute atomic E-state index is 0.00207. The van der Waals surface area contributed by atoms with Crippen molar-refractivity contribution in [2.75, 3.05) is 32.8 Å². The van der Waals surface area contributed by atoms with Crippen LogP contribution in [0.1, 0.15) is 5.56 Å². The average molecular weight is 354 g/mol. The first kappa shape index (κ1) is 17.8. The number of aryl methyl sites for hydroxylation is 1. The van der Waals surface area contributed by atoms with E-state index in [-0.39, 0.29) is 18.6 Å². The fourth-order valence-electron chi connectivity index (χ4n) is 2.73. The van der Waals surface area contributed by atoms with E-state index in [1.165, 1.54) is 0 Å². The summed E-state index contributed by atoms with van der Waals surface area (Å²) >= 11 is 0. The molecule has 1 saturated heterocycles. The topological polar surface area (TPSA) is 59.1 Å². The number of nitrogens with zero attached hydrogens (tertiary/aromatic N) is 2. The number of rotatable bonds is 4. The Morgan fingerprint density at radius 2 is 1.54 bits per heavy atom. The van der Waals surface area contributed by atoms with E-state index in [0.717, 1.165) is 5.56 Å². The molecule has 0 radical (unpaired) electrons. The van der Waals surface area contributed by atoms with Gasteiger partial charge in [-0.15, -0.1) is 0 Å². The molecule has 1 aliphatic rings. The van der Waals surface area contributed by atoms with Crippen LogP contribution in [0.15, 0.2) is 54.6 Å². The van der Waals surface area contributed by atoms with Gasteiger partial charge in [-0.1, -0.05) is 30.3 Å². The van der Waals surface area contributed by atoms with Crippen molar-refractivity contribution in [1.82, 2.24) is 9.80 Å². The van der Waals surface area contributed by atoms with Gasteiger partial charge in [-0.3, -0.25) is 4.79 Å². The normalized spacial score (nSPS) is 14.0. The van der Waals surface area contributed by atoms with Gasteiger partial charge in [0.1, 0.15) is 11.5 Å². The molecule has 0 atom stereocenters. The van der Waals surface area contributed by atoms with E-state index in [4.69, 9.17) is 9.47 Å². The predicted octanol–water partition coefficient (Wildman–Crippen LogP) is 2.72. The Labute approximate surface area is 152 Å². The molecule has 0 aliphatic carbocycles. The molecule has 0 saturated carbocycles. The highest BCUT2D eigenvalue weighted by atomic mass is 16.6. The van der Waals surface area contributed by atoms with Gasteiger partial charge in [0.05, 0.1) is 0 Å². The van der Waals surface area contributed by atoms with Crippen molar-refractivity contribution in [2.45, 2.75) is 6.92 Å². The first-order chi connectivity index (χ1) is 12.6. The monoisotopic (exact) mass is 354 g/mol. The SMILES string of the molecule is Cc1cccc(OCC(=O)N2CCN(C(=O)Oc3ccccc3)CC2)c1. The highest BCUT2D eigenvalue weighted by Crippen LogP contribution is 2.14. The zero-order valence-electron chi connectivity index (χ0n) is 14.8. The van der Waals surface area contributed by atoms with Gasteiger partial charge in [-0.25, -0.2) is 4.79 Å². The average Bonchev–Trinajstić information content (AvgIpc) is 2.67. The third-order valence-corrected chi connectivity index (χ3v) is 4.19. The summed E-state index contributed by atoms with van der Waals surface area (Å²) in [5.41, 5.74) is 1.08. The largest absolute Gasteiger partial charge is 0.484 e. The summed E-state index contributed by atoms with van der Waals surface area (Å²) in [4.78, 5) is 27.8. The lowest BCUT2D eigenvalue weighted by Gasteiger charge is -2.34. The molecule has 1 aliphatic heterocycles. The predicted molar refractivity (Wildman–Crippen MR) is 97.3 cm³/mol. The van der Waals surface area contributed by atoms with Crippen molar-refractivity contribution >= 4 is 12.0 Å². The lowest BCUT2D eigenvalue weighted by molar-refractivity contribution is -0.134. The number of para-hydroxylation sites is 1. The van der Waals surface area contributed by atoms with Crippen LogP contribution in [0, 0.1) is 6.92 Å². The minimum Gasteiger partial charge on any atom is -0.484 e. The number of amides is 2. The molecule has 6 nitrogen and oxygen atoms in total. The molecule has 6 heteroatoms. The highest BCUT2D eigenvalue weighted by molar-refractivity contribution is 5.78. The number of carbonyl (C=O) groups is 2. The molecular formula is C20H22N2O4. The molecule has 136 valence electrons. The summed E-state index contributed by atoms with van der Waals surface area (Å²) in [6.07, 6.45) is -0.390. The van der Waals surface area contributed by atoms with Gasteiger partial charge in [0.2, 0.25) is 0 Å². The van der Waals surface area contributed by atoms with Crippen molar-refractivity contribution in [3.63, 3.8) is 0 Å². The maximum atomic E-state index is 12.3. The van der Waals surface area contributed by atoms with E-state index >= 15 is 0 Å². The highest BCUT2D eigenvalue weighted by Gasteiger charge is 2.25. The van der Waals surface area contributed by atoms with E-state index < -0.39 is 0 Å². The molecule has 0 spiro atoms. The first-order valence-electron chi connectivity index (χ1n) is 8.61. The van der Waals surface area contributed by atoms with Gasteiger partial charge in [-0.05, 0) is 36.8 Å². The molecule has 0 N–H and O–H groups in total. The fourth-order valence-corrected chi connectivity index (χ4v) is 2.73. The Hall–Kier alpha value is -3.02. The molecule has 2 aromatic rings. The Morgan fingerprint density at radius 3 is 2.23 bits per heavy atom. The second-order valence-corrected chi connectivity index (χ2v) is 6.15. The third kappa shape index (κ3) is 4.75. The van der Waals surface area contributed by atoms with Crippen molar-refractivity contribution in [3.05, 3.63) is 60.2 Å². The summed E-state index contributed by atoms with van der Waals surface area (Å²) in [5, 5.41) is 0. The van der Waals surface area contributed by atoms with Gasteiger partial charge in [0, 0.05) is 26.2 Å². The molecule has 1 fully saturated rings. The van der Waals surface area contributed by atoms with Crippen LogP contribution in [0.3, 0.4) is 0 Å². The Morgan fingerprint density at radius 1 is 0.885 bits per heavy atom. The Balaban J connectivity index is 1.44. The summed E-state index contributed by atoms with van der Waals surface area (Å²) in [7, 11) is 0. The standard InChI is InChI=1S/C20H22N2O4/c1-16-6-5-9-18(14-16)25-15-19(23)21-10-12-22(13-11-21)20(24)26-17-7-3-2-4-8-17/h2-9,14H,10-13,15H2,1H3. The van der Waals surface area contributed by atoms with Crippen molar-refractivity contribution < 1.29 is 19.1 Å². The van der Waals surface area contributed by atoms with E-state index in [1.807, 2.05) is 49.4 Å². The van der Waals surface area contributed by atoms with Crippen LogP contribution in [0.25, 0.3) is 0 Å². The lowest BCUT2D eigenvalue weighted by atomic mass is 10.2.